The van der Waals surface area contributed by atoms with Gasteiger partial charge in [-0.2, -0.15) is 0 Å². The van der Waals surface area contributed by atoms with Crippen molar-refractivity contribution in [3.8, 4) is 16.9 Å². The smallest absolute Gasteiger partial charge is 0.480 e. The second kappa shape index (κ2) is 15.1. The number of carboxylic acids is 1. The Kier molecular flexibility index (Phi) is 10.3. The Morgan fingerprint density at radius 3 is 1.69 bits per heavy atom. The molecule has 0 heterocycles. The number of carbonyl (C=O) groups excluding carboxylic acids is 1. The van der Waals surface area contributed by atoms with Gasteiger partial charge >= 0.3 is 19.9 Å². The van der Waals surface area contributed by atoms with E-state index in [4.69, 9.17) is 18.3 Å². The fourth-order valence-electron chi connectivity index (χ4n) is 5.58. The molecular weight excluding hydrogens is 629 g/mol. The number of carboxylic acid groups (broad SMARTS) is 1. The van der Waals surface area contributed by atoms with Crippen LogP contribution in [-0.2, 0) is 42.8 Å². The normalized spacial score (nSPS) is 12.8. The average molecular weight is 664 g/mol. The van der Waals surface area contributed by atoms with E-state index in [9.17, 15) is 19.3 Å². The van der Waals surface area contributed by atoms with Crippen molar-refractivity contribution >= 4 is 19.9 Å². The lowest BCUT2D eigenvalue weighted by molar-refractivity contribution is -0.139. The summed E-state index contributed by atoms with van der Waals surface area (Å²) in [6, 6.07) is 39.5. The molecule has 244 valence electrons. The number of hydrogen-bond donors (Lipinski definition) is 2. The summed E-state index contributed by atoms with van der Waals surface area (Å²) in [5.74, 6) is -1.15. The van der Waals surface area contributed by atoms with Crippen molar-refractivity contribution in [1.29, 1.82) is 0 Å². The maximum atomic E-state index is 13.7. The Balaban J connectivity index is 1.07. The molecule has 0 aliphatic heterocycles. The zero-order valence-electron chi connectivity index (χ0n) is 25.9. The third-order valence-electron chi connectivity index (χ3n) is 7.98. The number of aliphatic carboxylic acids is 1. The molecular formula is C38H34NO8P. The van der Waals surface area contributed by atoms with Crippen molar-refractivity contribution in [3.05, 3.63) is 161 Å². The molecule has 1 aliphatic rings. The van der Waals surface area contributed by atoms with Crippen molar-refractivity contribution in [3.63, 3.8) is 0 Å². The van der Waals surface area contributed by atoms with Crippen LogP contribution in [0, 0.1) is 0 Å². The molecule has 0 bridgehead atoms. The van der Waals surface area contributed by atoms with Crippen LogP contribution in [0.1, 0.15) is 33.7 Å². The highest BCUT2D eigenvalue weighted by molar-refractivity contribution is 7.48. The fourth-order valence-corrected chi connectivity index (χ4v) is 6.75. The van der Waals surface area contributed by atoms with Crippen molar-refractivity contribution in [1.82, 2.24) is 5.32 Å². The van der Waals surface area contributed by atoms with Crippen LogP contribution < -0.4 is 9.84 Å². The number of carbonyl (C=O) groups is 2. The molecule has 1 atom stereocenters. The summed E-state index contributed by atoms with van der Waals surface area (Å²) in [5, 5.41) is 12.3. The van der Waals surface area contributed by atoms with Crippen LogP contribution in [0.15, 0.2) is 133 Å². The van der Waals surface area contributed by atoms with Gasteiger partial charge in [0, 0.05) is 12.3 Å². The third kappa shape index (κ3) is 8.19. The molecule has 1 amide bonds. The number of hydrogen-bond acceptors (Lipinski definition) is 7. The first-order valence-corrected chi connectivity index (χ1v) is 16.9. The van der Waals surface area contributed by atoms with Crippen LogP contribution in [0.2, 0.25) is 0 Å². The molecule has 0 aromatic heterocycles. The van der Waals surface area contributed by atoms with E-state index in [1.165, 1.54) is 0 Å². The summed E-state index contributed by atoms with van der Waals surface area (Å²) in [6.07, 6.45) is -0.844. The lowest BCUT2D eigenvalue weighted by Crippen LogP contribution is -2.42. The number of fused-ring (bicyclic) bond motifs is 3. The van der Waals surface area contributed by atoms with E-state index in [2.05, 4.69) is 5.32 Å². The predicted molar refractivity (Wildman–Crippen MR) is 180 cm³/mol. The molecule has 1 aliphatic carbocycles. The van der Waals surface area contributed by atoms with Gasteiger partial charge in [-0.25, -0.2) is 14.2 Å². The largest absolute Gasteiger partial charge is 0.530 e. The van der Waals surface area contributed by atoms with Gasteiger partial charge in [0.05, 0.1) is 13.2 Å². The summed E-state index contributed by atoms with van der Waals surface area (Å²) in [7, 11) is -4.07. The Morgan fingerprint density at radius 2 is 1.17 bits per heavy atom. The summed E-state index contributed by atoms with van der Waals surface area (Å²) in [4.78, 5) is 24.9. The van der Waals surface area contributed by atoms with Gasteiger partial charge in [0.15, 0.2) is 0 Å². The molecule has 5 aromatic rings. The lowest BCUT2D eigenvalue weighted by atomic mass is 9.98. The van der Waals surface area contributed by atoms with Crippen molar-refractivity contribution < 1.29 is 37.6 Å². The number of phosphoric acid groups is 1. The second-order valence-corrected chi connectivity index (χ2v) is 12.9. The summed E-state index contributed by atoms with van der Waals surface area (Å²) in [5.41, 5.74) is 6.50. The molecule has 5 aromatic carbocycles. The zero-order chi connectivity index (χ0) is 33.3. The summed E-state index contributed by atoms with van der Waals surface area (Å²) >= 11 is 0. The monoisotopic (exact) mass is 663 g/mol. The number of phosphoric ester groups is 1. The van der Waals surface area contributed by atoms with E-state index in [1.807, 2.05) is 109 Å². The number of alkyl carbamates (subject to hydrolysis) is 1. The first-order valence-electron chi connectivity index (χ1n) is 15.5. The van der Waals surface area contributed by atoms with Gasteiger partial charge in [-0.05, 0) is 51.1 Å². The molecule has 0 fully saturated rings. The van der Waals surface area contributed by atoms with Crippen LogP contribution in [0.5, 0.6) is 5.75 Å². The Labute approximate surface area is 278 Å². The number of nitrogens with one attached hydrogen (secondary N) is 1. The molecule has 0 radical (unpaired) electrons. The zero-order valence-corrected chi connectivity index (χ0v) is 26.8. The minimum atomic E-state index is -4.07. The van der Waals surface area contributed by atoms with E-state index in [-0.39, 0.29) is 37.9 Å². The van der Waals surface area contributed by atoms with Crippen LogP contribution in [-0.4, -0.2) is 29.8 Å². The summed E-state index contributed by atoms with van der Waals surface area (Å²) < 4.78 is 36.4. The molecule has 10 heteroatoms. The number of benzene rings is 5. The van der Waals surface area contributed by atoms with Gasteiger partial charge in [0.25, 0.3) is 0 Å². The van der Waals surface area contributed by atoms with Crippen molar-refractivity contribution in [2.45, 2.75) is 31.6 Å². The maximum Gasteiger partial charge on any atom is 0.530 e. The van der Waals surface area contributed by atoms with E-state index in [0.717, 1.165) is 33.4 Å². The van der Waals surface area contributed by atoms with Gasteiger partial charge in [-0.1, -0.05) is 121 Å². The van der Waals surface area contributed by atoms with Crippen molar-refractivity contribution in [2.75, 3.05) is 6.61 Å². The van der Waals surface area contributed by atoms with Crippen LogP contribution >= 0.6 is 7.82 Å². The molecule has 48 heavy (non-hydrogen) atoms. The van der Waals surface area contributed by atoms with Gasteiger partial charge in [0.1, 0.15) is 18.4 Å². The highest BCUT2D eigenvalue weighted by Crippen LogP contribution is 2.51. The predicted octanol–water partition coefficient (Wildman–Crippen LogP) is 8.14. The molecule has 2 N–H and O–H groups in total. The molecule has 9 nitrogen and oxygen atoms in total. The Morgan fingerprint density at radius 1 is 0.667 bits per heavy atom. The quantitative estimate of drug-likeness (QED) is 0.114. The maximum absolute atomic E-state index is 13.7. The molecule has 0 spiro atoms. The van der Waals surface area contributed by atoms with E-state index < -0.39 is 25.9 Å². The van der Waals surface area contributed by atoms with E-state index in [1.54, 1.807) is 24.3 Å². The van der Waals surface area contributed by atoms with Crippen LogP contribution in [0.4, 0.5) is 4.79 Å². The number of amides is 1. The average Bonchev–Trinajstić information content (AvgIpc) is 3.44. The Hall–Kier alpha value is -5.21. The SMILES string of the molecule is O=C(N[C@H](Cc1ccc(OP(=O)(OCc2ccccc2)OCc2ccccc2)cc1)C(=O)O)OCC1c2ccccc2-c2ccccc21. The molecule has 6 rings (SSSR count). The van der Waals surface area contributed by atoms with E-state index in [0.29, 0.717) is 5.56 Å². The highest BCUT2D eigenvalue weighted by Gasteiger charge is 2.31. The molecule has 0 unspecified atom stereocenters. The first-order chi connectivity index (χ1) is 23.4. The number of ether oxygens (including phenoxy) is 1. The van der Waals surface area contributed by atoms with Gasteiger partial charge in [0.2, 0.25) is 0 Å². The summed E-state index contributed by atoms with van der Waals surface area (Å²) in [6.45, 7) is 0.0800. The lowest BCUT2D eigenvalue weighted by Gasteiger charge is -2.19. The van der Waals surface area contributed by atoms with Gasteiger partial charge in [-0.15, -0.1) is 0 Å². The topological polar surface area (TPSA) is 120 Å². The number of rotatable bonds is 14. The standard InChI is InChI=1S/C38H34NO8P/c40-37(41)36(39-38(42)44-26-35-33-17-9-7-15-31(33)32-16-8-10-18-34(32)35)23-27-19-21-30(22-20-27)47-48(43,45-24-28-11-3-1-4-12-28)46-25-29-13-5-2-6-14-29/h1-22,35-36H,23-26H2,(H,39,42)(H,40,41)/t36-/m1/s1. The highest BCUT2D eigenvalue weighted by atomic mass is 31.2. The van der Waals surface area contributed by atoms with Crippen LogP contribution in [0.25, 0.3) is 11.1 Å². The van der Waals surface area contributed by atoms with Crippen LogP contribution in [0.3, 0.4) is 0 Å². The second-order valence-electron chi connectivity index (χ2n) is 11.3. The molecule has 0 saturated heterocycles. The first kappa shape index (κ1) is 32.7. The van der Waals surface area contributed by atoms with Gasteiger partial charge < -0.3 is 19.7 Å². The Bertz CT molecular complexity index is 1810. The molecule has 0 saturated carbocycles. The van der Waals surface area contributed by atoms with E-state index >= 15 is 0 Å². The minimum absolute atomic E-state index is 0.00677. The minimum Gasteiger partial charge on any atom is -0.480 e. The fraction of sp³-hybridized carbons (Fsp3) is 0.158. The van der Waals surface area contributed by atoms with Crippen molar-refractivity contribution in [2.24, 2.45) is 0 Å². The third-order valence-corrected chi connectivity index (χ3v) is 9.30. The van der Waals surface area contributed by atoms with Gasteiger partial charge in [-0.3, -0.25) is 9.05 Å².